The zero-order valence-corrected chi connectivity index (χ0v) is 7.47. The van der Waals surface area contributed by atoms with Crippen LogP contribution in [0.4, 0.5) is 0 Å². The molecule has 0 saturated carbocycles. The first-order valence-corrected chi connectivity index (χ1v) is 4.02. The van der Waals surface area contributed by atoms with Crippen LogP contribution in [0.1, 0.15) is 12.8 Å². The van der Waals surface area contributed by atoms with Crippen LogP contribution >= 0.6 is 12.2 Å². The van der Waals surface area contributed by atoms with E-state index in [-0.39, 0.29) is 24.3 Å². The number of carbonyl (C=O) groups excluding carboxylic acids is 2. The number of thiocarbonyl (C=S) groups is 1. The molecule has 0 bridgehead atoms. The minimum Gasteiger partial charge on any atom is -0.481 e. The lowest BCUT2D eigenvalue weighted by molar-refractivity contribution is -0.140. The lowest BCUT2D eigenvalue weighted by Crippen LogP contribution is -2.32. The predicted octanol–water partition coefficient (Wildman–Crippen LogP) is -0.410. The van der Waals surface area contributed by atoms with Crippen molar-refractivity contribution in [3.63, 3.8) is 0 Å². The number of nitrogens with zero attached hydrogens (tertiary/aromatic N) is 1. The number of hydrogen-bond donors (Lipinski definition) is 1. The molecule has 0 spiro atoms. The Bertz CT molecular complexity index is 299. The lowest BCUT2D eigenvalue weighted by atomic mass is 10.4. The van der Waals surface area contributed by atoms with Crippen molar-refractivity contribution in [3.05, 3.63) is 0 Å². The van der Waals surface area contributed by atoms with E-state index in [0.29, 0.717) is 0 Å². The Labute approximate surface area is 79.3 Å². The largest absolute Gasteiger partial charge is 0.481 e. The number of hydrogen-bond acceptors (Lipinski definition) is 4. The molecule has 5 nitrogen and oxygen atoms in total. The molecule has 0 unspecified atom stereocenters. The van der Waals surface area contributed by atoms with Gasteiger partial charge >= 0.3 is 5.97 Å². The third-order valence-electron chi connectivity index (χ3n) is 1.65. The number of likely N-dealkylation sites (tertiary alicyclic amines) is 1. The fourth-order valence-corrected chi connectivity index (χ4v) is 1.24. The summed E-state index contributed by atoms with van der Waals surface area (Å²) in [7, 11) is 0. The second-order valence-electron chi connectivity index (χ2n) is 2.59. The number of rotatable bonds is 3. The standard InChI is InChI=1S/C7H7NO4S/c9-5-3-4(13)7(12)8(5)2-1-6(10)11/h1-3H2,(H,10,11). The summed E-state index contributed by atoms with van der Waals surface area (Å²) in [6.07, 6.45) is -0.298. The SMILES string of the molecule is O=C(O)CCN1C(=O)CC(=S)C1=O. The van der Waals surface area contributed by atoms with E-state index in [0.717, 1.165) is 4.90 Å². The van der Waals surface area contributed by atoms with Gasteiger partial charge < -0.3 is 5.11 Å². The first kappa shape index (κ1) is 9.79. The van der Waals surface area contributed by atoms with E-state index in [2.05, 4.69) is 12.2 Å². The first-order chi connectivity index (χ1) is 6.02. The number of carbonyl (C=O) groups is 3. The van der Waals surface area contributed by atoms with Crippen LogP contribution < -0.4 is 0 Å². The van der Waals surface area contributed by atoms with Crippen LogP contribution in [-0.4, -0.2) is 39.2 Å². The van der Waals surface area contributed by atoms with Crippen LogP contribution in [-0.2, 0) is 14.4 Å². The van der Waals surface area contributed by atoms with Crippen molar-refractivity contribution in [2.75, 3.05) is 6.54 Å². The van der Waals surface area contributed by atoms with Crippen LogP contribution in [0.3, 0.4) is 0 Å². The van der Waals surface area contributed by atoms with Gasteiger partial charge in [0.25, 0.3) is 5.91 Å². The molecule has 13 heavy (non-hydrogen) atoms. The van der Waals surface area contributed by atoms with Crippen LogP contribution in [0.5, 0.6) is 0 Å². The van der Waals surface area contributed by atoms with Gasteiger partial charge in [-0.2, -0.15) is 0 Å². The van der Waals surface area contributed by atoms with Gasteiger partial charge in [0, 0.05) is 6.54 Å². The van der Waals surface area contributed by atoms with Gasteiger partial charge in [-0.1, -0.05) is 12.2 Å². The highest BCUT2D eigenvalue weighted by Crippen LogP contribution is 2.10. The summed E-state index contributed by atoms with van der Waals surface area (Å²) < 4.78 is 0. The zero-order chi connectivity index (χ0) is 10.0. The molecule has 70 valence electrons. The molecule has 1 N–H and O–H groups in total. The Kier molecular flexibility index (Phi) is 2.72. The van der Waals surface area contributed by atoms with E-state index < -0.39 is 17.8 Å². The highest BCUT2D eigenvalue weighted by Gasteiger charge is 2.33. The number of carboxylic acid groups (broad SMARTS) is 1. The molecule has 0 aromatic rings. The molecule has 2 amide bonds. The average Bonchev–Trinajstić information content (AvgIpc) is 2.24. The van der Waals surface area contributed by atoms with Crippen molar-refractivity contribution < 1.29 is 19.5 Å². The highest BCUT2D eigenvalue weighted by molar-refractivity contribution is 7.82. The maximum Gasteiger partial charge on any atom is 0.305 e. The fraction of sp³-hybridized carbons (Fsp3) is 0.429. The molecule has 0 radical (unpaired) electrons. The van der Waals surface area contributed by atoms with Crippen molar-refractivity contribution >= 4 is 34.9 Å². The van der Waals surface area contributed by atoms with Crippen LogP contribution in [0.15, 0.2) is 0 Å². The van der Waals surface area contributed by atoms with E-state index in [9.17, 15) is 14.4 Å². The molecule has 6 heteroatoms. The molecule has 0 aromatic heterocycles. The molecule has 0 aromatic carbocycles. The average molecular weight is 201 g/mol. The van der Waals surface area contributed by atoms with Gasteiger partial charge in [-0.05, 0) is 0 Å². The van der Waals surface area contributed by atoms with E-state index in [4.69, 9.17) is 5.11 Å². The van der Waals surface area contributed by atoms with E-state index in [1.54, 1.807) is 0 Å². The third kappa shape index (κ3) is 2.09. The molecular weight excluding hydrogens is 194 g/mol. The van der Waals surface area contributed by atoms with E-state index >= 15 is 0 Å². The Morgan fingerprint density at radius 2 is 2.15 bits per heavy atom. The molecule has 1 saturated heterocycles. The minimum absolute atomic E-state index is 0.0617. The van der Waals surface area contributed by atoms with Crippen molar-refractivity contribution in [3.8, 4) is 0 Å². The summed E-state index contributed by atoms with van der Waals surface area (Å²) in [5.74, 6) is -1.98. The molecule has 1 rings (SSSR count). The number of amides is 2. The smallest absolute Gasteiger partial charge is 0.305 e. The van der Waals surface area contributed by atoms with Gasteiger partial charge in [-0.25, -0.2) is 0 Å². The van der Waals surface area contributed by atoms with Crippen LogP contribution in [0.2, 0.25) is 0 Å². The van der Waals surface area contributed by atoms with Crippen LogP contribution in [0.25, 0.3) is 0 Å². The van der Waals surface area contributed by atoms with E-state index in [1.807, 2.05) is 0 Å². The Balaban J connectivity index is 2.59. The molecule has 1 heterocycles. The molecular formula is C7H7NO4S. The minimum atomic E-state index is -1.04. The molecule has 1 aliphatic heterocycles. The maximum absolute atomic E-state index is 11.1. The number of imide groups is 1. The first-order valence-electron chi connectivity index (χ1n) is 3.61. The Hall–Kier alpha value is -1.30. The summed E-state index contributed by atoms with van der Waals surface area (Å²) in [5.41, 5.74) is 0. The Morgan fingerprint density at radius 1 is 1.54 bits per heavy atom. The highest BCUT2D eigenvalue weighted by atomic mass is 32.1. The van der Waals surface area contributed by atoms with E-state index in [1.165, 1.54) is 0 Å². The number of carboxylic acids is 1. The topological polar surface area (TPSA) is 74.7 Å². The van der Waals surface area contributed by atoms with Gasteiger partial charge in [0.15, 0.2) is 0 Å². The van der Waals surface area contributed by atoms with Crippen molar-refractivity contribution in [1.82, 2.24) is 4.90 Å². The summed E-state index contributed by atoms with van der Waals surface area (Å²) in [5, 5.41) is 8.33. The molecule has 1 aliphatic rings. The maximum atomic E-state index is 11.1. The Morgan fingerprint density at radius 3 is 2.54 bits per heavy atom. The van der Waals surface area contributed by atoms with Gasteiger partial charge in [0.2, 0.25) is 5.91 Å². The van der Waals surface area contributed by atoms with Crippen molar-refractivity contribution in [2.24, 2.45) is 0 Å². The van der Waals surface area contributed by atoms with Gasteiger partial charge in [0.1, 0.15) is 0 Å². The monoisotopic (exact) mass is 201 g/mol. The van der Waals surface area contributed by atoms with Gasteiger partial charge in [-0.3, -0.25) is 19.3 Å². The summed E-state index contributed by atoms with van der Waals surface area (Å²) in [4.78, 5) is 33.3. The zero-order valence-electron chi connectivity index (χ0n) is 6.65. The summed E-state index contributed by atoms with van der Waals surface area (Å²) in [6.45, 7) is -0.0901. The summed E-state index contributed by atoms with van der Waals surface area (Å²) >= 11 is 4.62. The predicted molar refractivity (Wildman–Crippen MR) is 46.2 cm³/mol. The fourth-order valence-electron chi connectivity index (χ4n) is 1.01. The number of aliphatic carboxylic acids is 1. The molecule has 0 aliphatic carbocycles. The van der Waals surface area contributed by atoms with Gasteiger partial charge in [0.05, 0.1) is 17.7 Å². The second-order valence-corrected chi connectivity index (χ2v) is 3.09. The quantitative estimate of drug-likeness (QED) is 0.496. The van der Waals surface area contributed by atoms with Crippen molar-refractivity contribution in [2.45, 2.75) is 12.8 Å². The normalized spacial score (nSPS) is 16.9. The van der Waals surface area contributed by atoms with Crippen LogP contribution in [0, 0.1) is 0 Å². The van der Waals surface area contributed by atoms with Gasteiger partial charge in [-0.15, -0.1) is 0 Å². The van der Waals surface area contributed by atoms with Crippen molar-refractivity contribution in [1.29, 1.82) is 0 Å². The lowest BCUT2D eigenvalue weighted by Gasteiger charge is -2.10. The second kappa shape index (κ2) is 3.61. The molecule has 1 fully saturated rings. The third-order valence-corrected chi connectivity index (χ3v) is 1.96. The molecule has 0 atom stereocenters. The summed E-state index contributed by atoms with van der Waals surface area (Å²) in [6, 6.07) is 0.